The number of carbonyl (C=O) groups excluding carboxylic acids is 1. The van der Waals surface area contributed by atoms with Crippen LogP contribution in [0.5, 0.6) is 0 Å². The molecule has 1 saturated heterocycles. The Kier molecular flexibility index (Phi) is 4.65. The van der Waals surface area contributed by atoms with Gasteiger partial charge in [-0.25, -0.2) is 0 Å². The summed E-state index contributed by atoms with van der Waals surface area (Å²) in [5.41, 5.74) is 2.65. The maximum Gasteiger partial charge on any atom is 0.264 e. The first-order valence-electron chi connectivity index (χ1n) is 9.15. The normalized spacial score (nSPS) is 21.2. The average molecular weight is 340 g/mol. The molecule has 0 bridgehead atoms. The van der Waals surface area contributed by atoms with Gasteiger partial charge in [0.2, 0.25) is 0 Å². The van der Waals surface area contributed by atoms with E-state index in [4.69, 9.17) is 0 Å². The van der Waals surface area contributed by atoms with Crippen LogP contribution >= 0.6 is 11.3 Å². The molecule has 2 aliphatic rings. The Hall–Kier alpha value is -1.68. The number of hydrogen-bond donors (Lipinski definition) is 0. The molecule has 0 spiro atoms. The fraction of sp³-hybridized carbons (Fsp3) is 0.500. The largest absolute Gasteiger partial charge is 0.331 e. The Labute approximate surface area is 147 Å². The molecule has 1 atom stereocenters. The van der Waals surface area contributed by atoms with Crippen molar-refractivity contribution < 1.29 is 4.79 Å². The molecule has 1 amide bonds. The van der Waals surface area contributed by atoms with Gasteiger partial charge in [-0.15, -0.1) is 11.3 Å². The van der Waals surface area contributed by atoms with E-state index in [2.05, 4.69) is 16.0 Å². The van der Waals surface area contributed by atoms with Gasteiger partial charge in [0.15, 0.2) is 0 Å². The zero-order valence-electron chi connectivity index (χ0n) is 14.0. The molecule has 1 aliphatic carbocycles. The van der Waals surface area contributed by atoms with Crippen LogP contribution in [0, 0.1) is 0 Å². The first kappa shape index (κ1) is 15.8. The second kappa shape index (κ2) is 7.06. The number of pyridine rings is 1. The number of fused-ring (bicyclic) bond motifs is 1. The van der Waals surface area contributed by atoms with Gasteiger partial charge in [-0.3, -0.25) is 9.78 Å². The standard InChI is InChI=1S/C20H24N2OS/c23-20(19-14-16-6-3-1-2-4-8-18(16)24-19)22-13-5-7-17(22)15-9-11-21-12-10-15/h9-12,14,17H,1-8,13H2. The van der Waals surface area contributed by atoms with E-state index in [1.165, 1.54) is 41.7 Å². The van der Waals surface area contributed by atoms with Crippen molar-refractivity contribution in [3.05, 3.63) is 51.5 Å². The quantitative estimate of drug-likeness (QED) is 0.788. The maximum absolute atomic E-state index is 13.1. The summed E-state index contributed by atoms with van der Waals surface area (Å²) in [5, 5.41) is 0. The molecule has 24 heavy (non-hydrogen) atoms. The topological polar surface area (TPSA) is 33.2 Å². The first-order valence-corrected chi connectivity index (χ1v) is 9.97. The van der Waals surface area contributed by atoms with Crippen molar-refractivity contribution in [3.8, 4) is 0 Å². The van der Waals surface area contributed by atoms with Crippen LogP contribution in [0.25, 0.3) is 0 Å². The summed E-state index contributed by atoms with van der Waals surface area (Å²) >= 11 is 1.75. The van der Waals surface area contributed by atoms with Crippen LogP contribution in [0.3, 0.4) is 0 Å². The van der Waals surface area contributed by atoms with Crippen LogP contribution in [0.2, 0.25) is 0 Å². The molecular formula is C20H24N2OS. The van der Waals surface area contributed by atoms with E-state index in [0.29, 0.717) is 0 Å². The number of carbonyl (C=O) groups is 1. The van der Waals surface area contributed by atoms with Crippen LogP contribution in [-0.4, -0.2) is 22.3 Å². The molecule has 2 aromatic heterocycles. The molecular weight excluding hydrogens is 316 g/mol. The molecule has 3 heterocycles. The van der Waals surface area contributed by atoms with Crippen molar-refractivity contribution in [1.82, 2.24) is 9.88 Å². The summed E-state index contributed by atoms with van der Waals surface area (Å²) in [6, 6.07) is 6.49. The minimum Gasteiger partial charge on any atom is -0.331 e. The highest BCUT2D eigenvalue weighted by atomic mass is 32.1. The van der Waals surface area contributed by atoms with Crippen molar-refractivity contribution in [2.75, 3.05) is 6.54 Å². The fourth-order valence-electron chi connectivity index (χ4n) is 4.03. The Morgan fingerprint density at radius 2 is 1.88 bits per heavy atom. The lowest BCUT2D eigenvalue weighted by atomic mass is 9.99. The van der Waals surface area contributed by atoms with Gasteiger partial charge < -0.3 is 4.90 Å². The summed E-state index contributed by atoms with van der Waals surface area (Å²) in [6.07, 6.45) is 13.3. The monoisotopic (exact) mass is 340 g/mol. The zero-order valence-corrected chi connectivity index (χ0v) is 14.9. The molecule has 1 fully saturated rings. The molecule has 4 rings (SSSR count). The lowest BCUT2D eigenvalue weighted by Gasteiger charge is -2.24. The third-order valence-corrected chi connectivity index (χ3v) is 6.54. The van der Waals surface area contributed by atoms with E-state index in [1.807, 2.05) is 24.5 Å². The van der Waals surface area contributed by atoms with Crippen molar-refractivity contribution in [2.45, 2.75) is 57.4 Å². The number of aromatic nitrogens is 1. The van der Waals surface area contributed by atoms with Crippen molar-refractivity contribution >= 4 is 17.2 Å². The lowest BCUT2D eigenvalue weighted by Crippen LogP contribution is -2.29. The molecule has 3 nitrogen and oxygen atoms in total. The minimum atomic E-state index is 0.213. The molecule has 2 aromatic rings. The number of thiophene rings is 1. The zero-order chi connectivity index (χ0) is 16.4. The van der Waals surface area contributed by atoms with Crippen molar-refractivity contribution in [3.63, 3.8) is 0 Å². The number of likely N-dealkylation sites (tertiary alicyclic amines) is 1. The van der Waals surface area contributed by atoms with Gasteiger partial charge in [-0.05, 0) is 67.9 Å². The number of nitrogens with zero attached hydrogens (tertiary/aromatic N) is 2. The van der Waals surface area contributed by atoms with Crippen molar-refractivity contribution in [2.24, 2.45) is 0 Å². The summed E-state index contributed by atoms with van der Waals surface area (Å²) in [7, 11) is 0. The van der Waals surface area contributed by atoms with Gasteiger partial charge in [-0.2, -0.15) is 0 Å². The predicted octanol–water partition coefficient (Wildman–Crippen LogP) is 4.78. The predicted molar refractivity (Wildman–Crippen MR) is 97.4 cm³/mol. The Morgan fingerprint density at radius 1 is 1.08 bits per heavy atom. The van der Waals surface area contributed by atoms with Crippen LogP contribution in [0.1, 0.15) is 70.2 Å². The summed E-state index contributed by atoms with van der Waals surface area (Å²) in [4.78, 5) is 21.7. The fourth-order valence-corrected chi connectivity index (χ4v) is 5.24. The van der Waals surface area contributed by atoms with Gasteiger partial charge in [0.1, 0.15) is 0 Å². The number of rotatable bonds is 2. The van der Waals surface area contributed by atoms with Gasteiger partial charge in [-0.1, -0.05) is 12.8 Å². The Bertz CT molecular complexity index is 684. The molecule has 0 aromatic carbocycles. The highest BCUT2D eigenvalue weighted by Gasteiger charge is 2.31. The van der Waals surface area contributed by atoms with E-state index in [9.17, 15) is 4.79 Å². The average Bonchev–Trinajstić information content (AvgIpc) is 3.22. The molecule has 0 N–H and O–H groups in total. The molecule has 126 valence electrons. The van der Waals surface area contributed by atoms with Crippen LogP contribution in [0.15, 0.2) is 30.6 Å². The van der Waals surface area contributed by atoms with Gasteiger partial charge in [0.25, 0.3) is 5.91 Å². The number of hydrogen-bond acceptors (Lipinski definition) is 3. The van der Waals surface area contributed by atoms with E-state index >= 15 is 0 Å². The molecule has 0 radical (unpaired) electrons. The van der Waals surface area contributed by atoms with E-state index in [-0.39, 0.29) is 11.9 Å². The first-order chi connectivity index (χ1) is 11.8. The Morgan fingerprint density at radius 3 is 2.71 bits per heavy atom. The van der Waals surface area contributed by atoms with Gasteiger partial charge >= 0.3 is 0 Å². The maximum atomic E-state index is 13.1. The number of amides is 1. The summed E-state index contributed by atoms with van der Waals surface area (Å²) < 4.78 is 0. The lowest BCUT2D eigenvalue weighted by molar-refractivity contribution is 0.0740. The van der Waals surface area contributed by atoms with E-state index < -0.39 is 0 Å². The SMILES string of the molecule is O=C(c1cc2c(s1)CCCCCC2)N1CCCC1c1ccncc1. The van der Waals surface area contributed by atoms with E-state index in [0.717, 1.165) is 37.1 Å². The third kappa shape index (κ3) is 3.12. The van der Waals surface area contributed by atoms with Crippen LogP contribution < -0.4 is 0 Å². The van der Waals surface area contributed by atoms with Crippen LogP contribution in [0.4, 0.5) is 0 Å². The minimum absolute atomic E-state index is 0.213. The van der Waals surface area contributed by atoms with Gasteiger partial charge in [0.05, 0.1) is 10.9 Å². The second-order valence-electron chi connectivity index (χ2n) is 6.91. The Balaban J connectivity index is 1.58. The molecule has 1 aliphatic heterocycles. The highest BCUT2D eigenvalue weighted by Crippen LogP contribution is 2.35. The molecule has 1 unspecified atom stereocenters. The highest BCUT2D eigenvalue weighted by molar-refractivity contribution is 7.14. The molecule has 4 heteroatoms. The van der Waals surface area contributed by atoms with Crippen LogP contribution in [-0.2, 0) is 12.8 Å². The summed E-state index contributed by atoms with van der Waals surface area (Å²) in [5.74, 6) is 0.228. The van der Waals surface area contributed by atoms with E-state index in [1.54, 1.807) is 11.3 Å². The smallest absolute Gasteiger partial charge is 0.264 e. The summed E-state index contributed by atoms with van der Waals surface area (Å²) in [6.45, 7) is 0.869. The number of aryl methyl sites for hydroxylation is 2. The molecule has 0 saturated carbocycles. The van der Waals surface area contributed by atoms with Crippen molar-refractivity contribution in [1.29, 1.82) is 0 Å². The van der Waals surface area contributed by atoms with Gasteiger partial charge in [0, 0.05) is 23.8 Å². The second-order valence-corrected chi connectivity index (χ2v) is 8.05. The third-order valence-electron chi connectivity index (χ3n) is 5.31.